The highest BCUT2D eigenvalue weighted by atomic mass is 16.2. The van der Waals surface area contributed by atoms with E-state index in [1.807, 2.05) is 4.90 Å². The van der Waals surface area contributed by atoms with E-state index in [1.165, 1.54) is 22.0 Å². The van der Waals surface area contributed by atoms with Crippen LogP contribution >= 0.6 is 0 Å². The number of aromatic nitrogens is 2. The van der Waals surface area contributed by atoms with Crippen molar-refractivity contribution in [1.82, 2.24) is 19.4 Å². The van der Waals surface area contributed by atoms with Crippen LogP contribution in [-0.4, -0.2) is 50.9 Å². The van der Waals surface area contributed by atoms with Gasteiger partial charge in [-0.2, -0.15) is 0 Å². The maximum atomic E-state index is 12.5. The zero-order valence-electron chi connectivity index (χ0n) is 15.3. The maximum absolute atomic E-state index is 12.5. The first kappa shape index (κ1) is 17.0. The predicted octanol–water partition coefficient (Wildman–Crippen LogP) is 1.13. The summed E-state index contributed by atoms with van der Waals surface area (Å²) in [6, 6.07) is 9.01. The molecular weight excluding hydrogens is 328 g/mol. The molecule has 2 aliphatic heterocycles. The quantitative estimate of drug-likeness (QED) is 0.831. The average Bonchev–Trinajstić information content (AvgIpc) is 2.61. The van der Waals surface area contributed by atoms with Gasteiger partial charge in [0.1, 0.15) is 6.54 Å². The molecule has 1 amide bonds. The molecule has 0 radical (unpaired) electrons. The number of hydrogen-bond donors (Lipinski definition) is 0. The third-order valence-electron chi connectivity index (χ3n) is 5.71. The molecule has 0 N–H and O–H groups in total. The lowest BCUT2D eigenvalue weighted by molar-refractivity contribution is -0.139. The van der Waals surface area contributed by atoms with E-state index in [2.05, 4.69) is 34.1 Å². The first-order chi connectivity index (χ1) is 12.5. The molecule has 26 heavy (non-hydrogen) atoms. The van der Waals surface area contributed by atoms with Gasteiger partial charge in [0, 0.05) is 43.5 Å². The molecule has 0 saturated carbocycles. The first-order valence-corrected chi connectivity index (χ1v) is 9.14. The number of benzene rings is 1. The Morgan fingerprint density at radius 2 is 1.92 bits per heavy atom. The van der Waals surface area contributed by atoms with Gasteiger partial charge in [0.05, 0.1) is 6.33 Å². The predicted molar refractivity (Wildman–Crippen MR) is 98.9 cm³/mol. The van der Waals surface area contributed by atoms with Crippen LogP contribution in [0, 0.1) is 13.8 Å². The van der Waals surface area contributed by atoms with Crippen LogP contribution in [0.25, 0.3) is 0 Å². The molecule has 1 fully saturated rings. The number of aryl methyl sites for hydroxylation is 1. The van der Waals surface area contributed by atoms with Crippen molar-refractivity contribution in [3.63, 3.8) is 0 Å². The van der Waals surface area contributed by atoms with Gasteiger partial charge in [0.25, 0.3) is 5.56 Å². The van der Waals surface area contributed by atoms with Gasteiger partial charge in [0.15, 0.2) is 0 Å². The van der Waals surface area contributed by atoms with E-state index >= 15 is 0 Å². The Morgan fingerprint density at radius 1 is 1.19 bits per heavy atom. The number of carbonyl (C=O) groups excluding carboxylic acids is 1. The molecule has 1 aromatic carbocycles. The number of fused-ring (bicyclic) bond motifs is 1. The minimum Gasteiger partial charge on any atom is -0.338 e. The van der Waals surface area contributed by atoms with Crippen molar-refractivity contribution in [2.75, 3.05) is 19.6 Å². The molecule has 1 aromatic heterocycles. The summed E-state index contributed by atoms with van der Waals surface area (Å²) in [5.74, 6) is -0.00851. The Labute approximate surface area is 153 Å². The van der Waals surface area contributed by atoms with Crippen LogP contribution in [0.4, 0.5) is 0 Å². The van der Waals surface area contributed by atoms with Crippen molar-refractivity contribution in [3.05, 3.63) is 63.3 Å². The van der Waals surface area contributed by atoms with E-state index in [4.69, 9.17) is 0 Å². The molecule has 0 aliphatic carbocycles. The van der Waals surface area contributed by atoms with Crippen LogP contribution in [0.3, 0.4) is 0 Å². The molecule has 4 rings (SSSR count). The number of hydrogen-bond acceptors (Lipinski definition) is 4. The Kier molecular flexibility index (Phi) is 4.36. The lowest BCUT2D eigenvalue weighted by Gasteiger charge is -2.47. The number of rotatable bonds is 3. The molecule has 136 valence electrons. The second-order valence-corrected chi connectivity index (χ2v) is 7.33. The number of amides is 1. The molecule has 1 saturated heterocycles. The van der Waals surface area contributed by atoms with Gasteiger partial charge in [-0.3, -0.25) is 19.1 Å². The first-order valence-electron chi connectivity index (χ1n) is 9.14. The third-order valence-corrected chi connectivity index (χ3v) is 5.71. The smallest absolute Gasteiger partial charge is 0.256 e. The van der Waals surface area contributed by atoms with Crippen molar-refractivity contribution >= 4 is 5.91 Å². The molecule has 3 heterocycles. The number of carbonyl (C=O) groups is 1. The Hall–Kier alpha value is -2.47. The molecule has 0 unspecified atom stereocenters. The minimum absolute atomic E-state index is 0.00851. The summed E-state index contributed by atoms with van der Waals surface area (Å²) in [5.41, 5.74) is 4.03. The molecule has 6 heteroatoms. The molecule has 2 aromatic rings. The molecule has 0 spiro atoms. The normalized spacial score (nSPS) is 17.7. The highest BCUT2D eigenvalue weighted by Gasteiger charge is 2.35. The van der Waals surface area contributed by atoms with Crippen LogP contribution < -0.4 is 5.56 Å². The van der Waals surface area contributed by atoms with Gasteiger partial charge in [0.2, 0.25) is 5.91 Å². The van der Waals surface area contributed by atoms with Crippen LogP contribution in [0.5, 0.6) is 0 Å². The second-order valence-electron chi connectivity index (χ2n) is 7.33. The third kappa shape index (κ3) is 3.05. The number of nitrogens with zero attached hydrogens (tertiary/aromatic N) is 4. The van der Waals surface area contributed by atoms with Gasteiger partial charge < -0.3 is 4.90 Å². The fraction of sp³-hybridized carbons (Fsp3) is 0.450. The van der Waals surface area contributed by atoms with Crippen LogP contribution in [-0.2, 0) is 24.3 Å². The average molecular weight is 352 g/mol. The molecule has 6 nitrogen and oxygen atoms in total. The monoisotopic (exact) mass is 352 g/mol. The summed E-state index contributed by atoms with van der Waals surface area (Å²) in [7, 11) is 0. The van der Waals surface area contributed by atoms with Crippen molar-refractivity contribution in [1.29, 1.82) is 0 Å². The Bertz CT molecular complexity index is 899. The standard InChI is InChI=1S/C20H24N4O2/c1-14-15(2)21-13-24(20(14)26)12-19(25)23-10-18(11-23)22-8-7-16-5-3-4-6-17(16)9-22/h3-6,13,18H,7-12H2,1-2H3. The molecular formula is C20H24N4O2. The summed E-state index contributed by atoms with van der Waals surface area (Å²) in [6.07, 6.45) is 2.55. The van der Waals surface area contributed by atoms with Gasteiger partial charge in [-0.05, 0) is 31.4 Å². The van der Waals surface area contributed by atoms with Gasteiger partial charge in [-0.1, -0.05) is 24.3 Å². The highest BCUT2D eigenvalue weighted by Crippen LogP contribution is 2.24. The zero-order chi connectivity index (χ0) is 18.3. The SMILES string of the molecule is Cc1ncn(CC(=O)N2CC(N3CCc4ccccc4C3)C2)c(=O)c1C. The van der Waals surface area contributed by atoms with Gasteiger partial charge in [-0.25, -0.2) is 4.98 Å². The minimum atomic E-state index is -0.129. The van der Waals surface area contributed by atoms with Crippen molar-refractivity contribution in [2.24, 2.45) is 0 Å². The van der Waals surface area contributed by atoms with Crippen LogP contribution in [0.2, 0.25) is 0 Å². The van der Waals surface area contributed by atoms with Gasteiger partial charge >= 0.3 is 0 Å². The van der Waals surface area contributed by atoms with Crippen molar-refractivity contribution < 1.29 is 4.79 Å². The lowest BCUT2D eigenvalue weighted by Crippen LogP contribution is -2.62. The largest absolute Gasteiger partial charge is 0.338 e. The van der Waals surface area contributed by atoms with E-state index in [1.54, 1.807) is 13.8 Å². The summed E-state index contributed by atoms with van der Waals surface area (Å²) in [6.45, 7) is 7.12. The summed E-state index contributed by atoms with van der Waals surface area (Å²) in [5, 5.41) is 0. The molecule has 0 bridgehead atoms. The Morgan fingerprint density at radius 3 is 2.69 bits per heavy atom. The van der Waals surface area contributed by atoms with E-state index in [0.29, 0.717) is 17.3 Å². The fourth-order valence-electron chi connectivity index (χ4n) is 3.75. The van der Waals surface area contributed by atoms with E-state index in [-0.39, 0.29) is 18.0 Å². The van der Waals surface area contributed by atoms with Crippen LogP contribution in [0.15, 0.2) is 35.4 Å². The second kappa shape index (κ2) is 6.68. The molecule has 0 atom stereocenters. The van der Waals surface area contributed by atoms with Gasteiger partial charge in [-0.15, -0.1) is 0 Å². The maximum Gasteiger partial charge on any atom is 0.256 e. The van der Waals surface area contributed by atoms with Crippen molar-refractivity contribution in [3.8, 4) is 0 Å². The molecule has 2 aliphatic rings. The summed E-state index contributed by atoms with van der Waals surface area (Å²) < 4.78 is 1.41. The van der Waals surface area contributed by atoms with E-state index in [9.17, 15) is 9.59 Å². The fourth-order valence-corrected chi connectivity index (χ4v) is 3.75. The highest BCUT2D eigenvalue weighted by molar-refractivity contribution is 5.77. The summed E-state index contributed by atoms with van der Waals surface area (Å²) >= 11 is 0. The zero-order valence-corrected chi connectivity index (χ0v) is 15.3. The number of likely N-dealkylation sites (tertiary alicyclic amines) is 1. The Balaban J connectivity index is 1.35. The van der Waals surface area contributed by atoms with E-state index < -0.39 is 0 Å². The van der Waals surface area contributed by atoms with Crippen LogP contribution in [0.1, 0.15) is 22.4 Å². The topological polar surface area (TPSA) is 58.4 Å². The lowest BCUT2D eigenvalue weighted by atomic mass is 9.96. The van der Waals surface area contributed by atoms with Crippen molar-refractivity contribution in [2.45, 2.75) is 39.4 Å². The van der Waals surface area contributed by atoms with E-state index in [0.717, 1.165) is 32.6 Å². The summed E-state index contributed by atoms with van der Waals surface area (Å²) in [4.78, 5) is 33.2.